The first kappa shape index (κ1) is 14.1. The van der Waals surface area contributed by atoms with Crippen LogP contribution in [0.15, 0.2) is 16.8 Å². The minimum atomic E-state index is -0.105. The SMILES string of the molecule is CC(C1CC1)N(C)C(=O)CCNC(=O)c1ccsc1. The van der Waals surface area contributed by atoms with Crippen LogP contribution in [-0.2, 0) is 4.79 Å². The maximum Gasteiger partial charge on any atom is 0.252 e. The van der Waals surface area contributed by atoms with Gasteiger partial charge in [-0.25, -0.2) is 0 Å². The summed E-state index contributed by atoms with van der Waals surface area (Å²) in [7, 11) is 1.85. The van der Waals surface area contributed by atoms with Crippen LogP contribution in [0.3, 0.4) is 0 Å². The van der Waals surface area contributed by atoms with Gasteiger partial charge in [0.05, 0.1) is 0 Å². The molecule has 1 aliphatic rings. The van der Waals surface area contributed by atoms with Crippen LogP contribution in [0.1, 0.15) is 36.5 Å². The molecule has 1 heterocycles. The molecule has 1 N–H and O–H groups in total. The van der Waals surface area contributed by atoms with Gasteiger partial charge in [0.1, 0.15) is 0 Å². The first-order valence-corrected chi connectivity index (χ1v) is 7.60. The number of nitrogens with zero attached hydrogens (tertiary/aromatic N) is 1. The molecule has 0 bridgehead atoms. The van der Waals surface area contributed by atoms with Gasteiger partial charge in [-0.1, -0.05) is 0 Å². The van der Waals surface area contributed by atoms with Crippen molar-refractivity contribution >= 4 is 23.2 Å². The first-order valence-electron chi connectivity index (χ1n) is 6.65. The average Bonchev–Trinajstić information content (AvgIpc) is 3.11. The average molecular weight is 280 g/mol. The second-order valence-electron chi connectivity index (χ2n) is 5.10. The Labute approximate surface area is 117 Å². The molecule has 0 aliphatic heterocycles. The van der Waals surface area contributed by atoms with Gasteiger partial charge in [0, 0.05) is 37.0 Å². The summed E-state index contributed by atoms with van der Waals surface area (Å²) < 4.78 is 0. The molecule has 0 aromatic carbocycles. The summed E-state index contributed by atoms with van der Waals surface area (Å²) in [6.07, 6.45) is 2.82. The van der Waals surface area contributed by atoms with Crippen LogP contribution in [0, 0.1) is 5.92 Å². The molecule has 2 amide bonds. The number of hydrogen-bond acceptors (Lipinski definition) is 3. The minimum Gasteiger partial charge on any atom is -0.351 e. The summed E-state index contributed by atoms with van der Waals surface area (Å²) in [6, 6.07) is 2.10. The fourth-order valence-corrected chi connectivity index (χ4v) is 2.71. The van der Waals surface area contributed by atoms with E-state index in [4.69, 9.17) is 0 Å². The highest BCUT2D eigenvalue weighted by molar-refractivity contribution is 7.08. The highest BCUT2D eigenvalue weighted by atomic mass is 32.1. The lowest BCUT2D eigenvalue weighted by atomic mass is 10.2. The van der Waals surface area contributed by atoms with Crippen molar-refractivity contribution in [3.8, 4) is 0 Å². The van der Waals surface area contributed by atoms with Crippen molar-refractivity contribution in [2.24, 2.45) is 5.92 Å². The standard InChI is InChI=1S/C14H20N2O2S/c1-10(11-3-4-11)16(2)13(17)5-7-15-14(18)12-6-8-19-9-12/h6,8-11H,3-5,7H2,1-2H3,(H,15,18). The van der Waals surface area contributed by atoms with Gasteiger partial charge < -0.3 is 10.2 Å². The van der Waals surface area contributed by atoms with Crippen molar-refractivity contribution in [2.75, 3.05) is 13.6 Å². The van der Waals surface area contributed by atoms with Crippen LogP contribution < -0.4 is 5.32 Å². The summed E-state index contributed by atoms with van der Waals surface area (Å²) in [5, 5.41) is 6.45. The second kappa shape index (κ2) is 6.19. The molecule has 1 fully saturated rings. The van der Waals surface area contributed by atoms with Gasteiger partial charge in [-0.15, -0.1) is 0 Å². The van der Waals surface area contributed by atoms with E-state index >= 15 is 0 Å². The predicted octanol–water partition coefficient (Wildman–Crippen LogP) is 2.12. The molecule has 2 rings (SSSR count). The molecule has 5 heteroatoms. The minimum absolute atomic E-state index is 0.102. The largest absolute Gasteiger partial charge is 0.351 e. The van der Waals surface area contributed by atoms with Gasteiger partial charge in [0.2, 0.25) is 5.91 Å². The van der Waals surface area contributed by atoms with Crippen molar-refractivity contribution in [2.45, 2.75) is 32.2 Å². The van der Waals surface area contributed by atoms with E-state index in [9.17, 15) is 9.59 Å². The third kappa shape index (κ3) is 3.80. The Bertz CT molecular complexity index is 440. The van der Waals surface area contributed by atoms with Crippen molar-refractivity contribution in [1.82, 2.24) is 10.2 Å². The van der Waals surface area contributed by atoms with Crippen molar-refractivity contribution < 1.29 is 9.59 Å². The van der Waals surface area contributed by atoms with E-state index in [1.165, 1.54) is 24.2 Å². The van der Waals surface area contributed by atoms with Gasteiger partial charge in [0.15, 0.2) is 0 Å². The van der Waals surface area contributed by atoms with Crippen LogP contribution >= 0.6 is 11.3 Å². The lowest BCUT2D eigenvalue weighted by Crippen LogP contribution is -2.38. The number of thiophene rings is 1. The lowest BCUT2D eigenvalue weighted by molar-refractivity contribution is -0.131. The van der Waals surface area contributed by atoms with Gasteiger partial charge >= 0.3 is 0 Å². The molecule has 19 heavy (non-hydrogen) atoms. The van der Waals surface area contributed by atoms with Crippen LogP contribution in [0.2, 0.25) is 0 Å². The Morgan fingerprint density at radius 3 is 2.84 bits per heavy atom. The Morgan fingerprint density at radius 2 is 2.26 bits per heavy atom. The Hall–Kier alpha value is -1.36. The van der Waals surface area contributed by atoms with E-state index in [1.54, 1.807) is 11.4 Å². The number of carbonyl (C=O) groups is 2. The molecule has 1 aromatic rings. The number of carbonyl (C=O) groups excluding carboxylic acids is 2. The zero-order valence-corrected chi connectivity index (χ0v) is 12.2. The highest BCUT2D eigenvalue weighted by Gasteiger charge is 2.32. The summed E-state index contributed by atoms with van der Waals surface area (Å²) in [5.74, 6) is 0.673. The first-order chi connectivity index (χ1) is 9.09. The van der Waals surface area contributed by atoms with Crippen LogP contribution in [0.4, 0.5) is 0 Å². The van der Waals surface area contributed by atoms with E-state index in [0.717, 1.165) is 0 Å². The van der Waals surface area contributed by atoms with Gasteiger partial charge in [-0.2, -0.15) is 11.3 Å². The molecule has 4 nitrogen and oxygen atoms in total. The third-order valence-corrected chi connectivity index (χ3v) is 4.40. The zero-order chi connectivity index (χ0) is 13.8. The smallest absolute Gasteiger partial charge is 0.252 e. The molecular weight excluding hydrogens is 260 g/mol. The normalized spacial score (nSPS) is 15.9. The fraction of sp³-hybridized carbons (Fsp3) is 0.571. The molecule has 1 aliphatic carbocycles. The van der Waals surface area contributed by atoms with E-state index in [2.05, 4.69) is 12.2 Å². The molecule has 0 saturated heterocycles. The van der Waals surface area contributed by atoms with Crippen molar-refractivity contribution in [3.05, 3.63) is 22.4 Å². The summed E-state index contributed by atoms with van der Waals surface area (Å²) in [6.45, 7) is 2.49. The molecule has 1 aromatic heterocycles. The fourth-order valence-electron chi connectivity index (χ4n) is 2.08. The van der Waals surface area contributed by atoms with Crippen molar-refractivity contribution in [1.29, 1.82) is 0 Å². The van der Waals surface area contributed by atoms with E-state index < -0.39 is 0 Å². The Balaban J connectivity index is 1.70. The number of nitrogens with one attached hydrogen (secondary N) is 1. The Morgan fingerprint density at radius 1 is 1.53 bits per heavy atom. The van der Waals surface area contributed by atoms with E-state index in [-0.39, 0.29) is 11.8 Å². The molecule has 0 spiro atoms. The summed E-state index contributed by atoms with van der Waals surface area (Å²) in [5.41, 5.74) is 0.664. The number of rotatable bonds is 6. The molecule has 1 unspecified atom stereocenters. The van der Waals surface area contributed by atoms with Gasteiger partial charge in [-0.05, 0) is 37.1 Å². The Kier molecular flexibility index (Phi) is 4.58. The van der Waals surface area contributed by atoms with Crippen LogP contribution in [-0.4, -0.2) is 36.3 Å². The monoisotopic (exact) mass is 280 g/mol. The summed E-state index contributed by atoms with van der Waals surface area (Å²) >= 11 is 1.49. The van der Waals surface area contributed by atoms with Gasteiger partial charge in [-0.3, -0.25) is 9.59 Å². The molecule has 1 saturated carbocycles. The maximum atomic E-state index is 12.0. The third-order valence-electron chi connectivity index (χ3n) is 3.72. The molecular formula is C14H20N2O2S. The quantitative estimate of drug-likeness (QED) is 0.868. The van der Waals surface area contributed by atoms with Crippen LogP contribution in [0.5, 0.6) is 0 Å². The number of amides is 2. The lowest BCUT2D eigenvalue weighted by Gasteiger charge is -2.24. The second-order valence-corrected chi connectivity index (χ2v) is 5.88. The molecule has 0 radical (unpaired) electrons. The molecule has 104 valence electrons. The van der Waals surface area contributed by atoms with E-state index in [0.29, 0.717) is 30.5 Å². The maximum absolute atomic E-state index is 12.0. The van der Waals surface area contributed by atoms with E-state index in [1.807, 2.05) is 17.3 Å². The topological polar surface area (TPSA) is 49.4 Å². The number of hydrogen-bond donors (Lipinski definition) is 1. The van der Waals surface area contributed by atoms with Gasteiger partial charge in [0.25, 0.3) is 5.91 Å². The highest BCUT2D eigenvalue weighted by Crippen LogP contribution is 2.34. The van der Waals surface area contributed by atoms with Crippen molar-refractivity contribution in [3.63, 3.8) is 0 Å². The summed E-state index contributed by atoms with van der Waals surface area (Å²) in [4.78, 5) is 25.5. The predicted molar refractivity (Wildman–Crippen MR) is 76.2 cm³/mol. The van der Waals surface area contributed by atoms with Crippen LogP contribution in [0.25, 0.3) is 0 Å². The molecule has 1 atom stereocenters. The zero-order valence-electron chi connectivity index (χ0n) is 11.4.